The van der Waals surface area contributed by atoms with Crippen molar-refractivity contribution in [3.63, 3.8) is 0 Å². The fourth-order valence-corrected chi connectivity index (χ4v) is 3.61. The van der Waals surface area contributed by atoms with E-state index in [2.05, 4.69) is 15.5 Å². The number of hydrogen-bond donors (Lipinski definition) is 2. The van der Waals surface area contributed by atoms with E-state index in [9.17, 15) is 9.59 Å². The number of carbonyl (C=O) groups is 2. The molecule has 0 radical (unpaired) electrons. The lowest BCUT2D eigenvalue weighted by molar-refractivity contribution is -0.123. The van der Waals surface area contributed by atoms with Crippen molar-refractivity contribution in [3.8, 4) is 0 Å². The Balaban J connectivity index is 1.73. The van der Waals surface area contributed by atoms with Crippen LogP contribution in [0.15, 0.2) is 22.8 Å². The van der Waals surface area contributed by atoms with Crippen molar-refractivity contribution in [1.29, 1.82) is 0 Å². The van der Waals surface area contributed by atoms with Gasteiger partial charge >= 0.3 is 0 Å². The van der Waals surface area contributed by atoms with E-state index in [4.69, 9.17) is 4.42 Å². The van der Waals surface area contributed by atoms with Crippen LogP contribution in [0.2, 0.25) is 0 Å². The van der Waals surface area contributed by atoms with Gasteiger partial charge < -0.3 is 20.0 Å². The Morgan fingerprint density at radius 2 is 2.04 bits per heavy atom. The summed E-state index contributed by atoms with van der Waals surface area (Å²) in [5, 5.41) is 5.76. The van der Waals surface area contributed by atoms with Gasteiger partial charge in [0.2, 0.25) is 5.91 Å². The molecule has 1 aromatic heterocycles. The number of likely N-dealkylation sites (tertiary alicyclic amines) is 1. The quantitative estimate of drug-likeness (QED) is 0.609. The van der Waals surface area contributed by atoms with E-state index in [1.165, 1.54) is 45.0 Å². The summed E-state index contributed by atoms with van der Waals surface area (Å²) in [6.45, 7) is 4.00. The molecule has 0 bridgehead atoms. The van der Waals surface area contributed by atoms with E-state index >= 15 is 0 Å². The Morgan fingerprint density at radius 1 is 1.27 bits per heavy atom. The van der Waals surface area contributed by atoms with Gasteiger partial charge in [0.05, 0.1) is 6.26 Å². The summed E-state index contributed by atoms with van der Waals surface area (Å²) in [6.07, 6.45) is 10.2. The van der Waals surface area contributed by atoms with Crippen LogP contribution in [-0.4, -0.2) is 60.9 Å². The minimum Gasteiger partial charge on any atom is -0.459 e. The number of amides is 2. The van der Waals surface area contributed by atoms with Gasteiger partial charge in [-0.1, -0.05) is 12.8 Å². The van der Waals surface area contributed by atoms with E-state index in [1.807, 2.05) is 6.26 Å². The van der Waals surface area contributed by atoms with Crippen molar-refractivity contribution in [2.24, 2.45) is 0 Å². The molecule has 1 aliphatic heterocycles. The first-order valence-electron chi connectivity index (χ1n) is 9.54. The molecule has 1 fully saturated rings. The summed E-state index contributed by atoms with van der Waals surface area (Å²) >= 11 is 1.66. The molecule has 26 heavy (non-hydrogen) atoms. The topological polar surface area (TPSA) is 74.6 Å². The smallest absolute Gasteiger partial charge is 0.287 e. The van der Waals surface area contributed by atoms with Gasteiger partial charge in [0.25, 0.3) is 5.91 Å². The number of nitrogens with zero attached hydrogens (tertiary/aromatic N) is 1. The zero-order valence-corrected chi connectivity index (χ0v) is 16.5. The predicted octanol–water partition coefficient (Wildman–Crippen LogP) is 2.51. The van der Waals surface area contributed by atoms with Gasteiger partial charge in [0, 0.05) is 6.54 Å². The van der Waals surface area contributed by atoms with E-state index in [-0.39, 0.29) is 17.6 Å². The number of rotatable bonds is 10. The van der Waals surface area contributed by atoms with E-state index in [0.29, 0.717) is 13.0 Å². The third-order valence-corrected chi connectivity index (χ3v) is 5.27. The van der Waals surface area contributed by atoms with Crippen molar-refractivity contribution in [2.75, 3.05) is 38.2 Å². The van der Waals surface area contributed by atoms with Gasteiger partial charge in [-0.05, 0) is 69.5 Å². The summed E-state index contributed by atoms with van der Waals surface area (Å²) in [5.74, 6) is 0.577. The van der Waals surface area contributed by atoms with Crippen molar-refractivity contribution < 1.29 is 14.0 Å². The van der Waals surface area contributed by atoms with Crippen molar-refractivity contribution in [1.82, 2.24) is 15.5 Å². The first-order chi connectivity index (χ1) is 12.7. The van der Waals surface area contributed by atoms with Gasteiger partial charge in [0.1, 0.15) is 6.04 Å². The molecular weight excluding hydrogens is 350 g/mol. The molecule has 0 aliphatic carbocycles. The van der Waals surface area contributed by atoms with Crippen LogP contribution in [0.25, 0.3) is 0 Å². The molecule has 146 valence electrons. The Hall–Kier alpha value is -1.47. The van der Waals surface area contributed by atoms with Crippen LogP contribution < -0.4 is 10.6 Å². The third kappa shape index (κ3) is 7.41. The summed E-state index contributed by atoms with van der Waals surface area (Å²) in [4.78, 5) is 27.1. The lowest BCUT2D eigenvalue weighted by atomic mass is 10.2. The van der Waals surface area contributed by atoms with Crippen LogP contribution in [0.1, 0.15) is 49.1 Å². The predicted molar refractivity (Wildman–Crippen MR) is 105 cm³/mol. The number of thioether (sulfide) groups is 1. The fraction of sp³-hybridized carbons (Fsp3) is 0.684. The van der Waals surface area contributed by atoms with Crippen LogP contribution >= 0.6 is 11.8 Å². The highest BCUT2D eigenvalue weighted by Crippen LogP contribution is 2.09. The van der Waals surface area contributed by atoms with Gasteiger partial charge in [-0.2, -0.15) is 11.8 Å². The number of furan rings is 1. The molecule has 2 N–H and O–H groups in total. The maximum atomic E-state index is 12.5. The molecule has 1 saturated heterocycles. The fourth-order valence-electron chi connectivity index (χ4n) is 3.14. The minimum absolute atomic E-state index is 0.116. The van der Waals surface area contributed by atoms with Crippen molar-refractivity contribution >= 4 is 23.6 Å². The molecular formula is C19H31N3O3S. The van der Waals surface area contributed by atoms with E-state index in [0.717, 1.165) is 18.7 Å². The first kappa shape index (κ1) is 20.8. The van der Waals surface area contributed by atoms with Crippen LogP contribution in [0.5, 0.6) is 0 Å². The normalized spacial score (nSPS) is 16.7. The summed E-state index contributed by atoms with van der Waals surface area (Å²) in [5.41, 5.74) is 0. The third-order valence-electron chi connectivity index (χ3n) is 4.63. The molecule has 0 saturated carbocycles. The zero-order chi connectivity index (χ0) is 18.6. The number of hydrogen-bond acceptors (Lipinski definition) is 5. The van der Waals surface area contributed by atoms with Gasteiger partial charge in [0.15, 0.2) is 5.76 Å². The molecule has 1 aromatic rings. The van der Waals surface area contributed by atoms with Crippen LogP contribution in [0.4, 0.5) is 0 Å². The Labute approximate surface area is 160 Å². The van der Waals surface area contributed by atoms with E-state index in [1.54, 1.807) is 23.9 Å². The molecule has 2 rings (SSSR count). The van der Waals surface area contributed by atoms with Gasteiger partial charge in [-0.15, -0.1) is 0 Å². The molecule has 2 amide bonds. The van der Waals surface area contributed by atoms with Crippen molar-refractivity contribution in [2.45, 2.75) is 44.6 Å². The lowest BCUT2D eigenvalue weighted by Gasteiger charge is -2.21. The average molecular weight is 382 g/mol. The van der Waals surface area contributed by atoms with Crippen LogP contribution in [-0.2, 0) is 4.79 Å². The molecule has 7 heteroatoms. The summed E-state index contributed by atoms with van der Waals surface area (Å²) < 4.78 is 5.10. The minimum atomic E-state index is -0.529. The van der Waals surface area contributed by atoms with Gasteiger partial charge in [-0.3, -0.25) is 9.59 Å². The molecule has 6 nitrogen and oxygen atoms in total. The average Bonchev–Trinajstić information content (AvgIpc) is 3.06. The number of carbonyl (C=O) groups excluding carboxylic acids is 2. The van der Waals surface area contributed by atoms with E-state index < -0.39 is 6.04 Å². The molecule has 1 atom stereocenters. The zero-order valence-electron chi connectivity index (χ0n) is 15.7. The SMILES string of the molecule is CSCCC(NC(=O)c1ccco1)C(=O)NCCCN1CCCCCC1. The highest BCUT2D eigenvalue weighted by Gasteiger charge is 2.22. The standard InChI is InChI=1S/C19H31N3O3S/c1-26-15-9-16(21-19(24)17-8-6-14-25-17)18(23)20-10-7-13-22-11-4-2-3-5-12-22/h6,8,14,16H,2-5,7,9-13,15H2,1H3,(H,20,23)(H,21,24). The van der Waals surface area contributed by atoms with Crippen LogP contribution in [0, 0.1) is 0 Å². The lowest BCUT2D eigenvalue weighted by Crippen LogP contribution is -2.47. The highest BCUT2D eigenvalue weighted by atomic mass is 32.2. The second-order valence-electron chi connectivity index (χ2n) is 6.69. The molecule has 2 heterocycles. The second-order valence-corrected chi connectivity index (χ2v) is 7.67. The second kappa shape index (κ2) is 12.0. The number of nitrogens with one attached hydrogen (secondary N) is 2. The summed E-state index contributed by atoms with van der Waals surface area (Å²) in [6, 6.07) is 2.73. The molecule has 1 unspecified atom stereocenters. The maximum absolute atomic E-state index is 12.5. The Kier molecular flexibility index (Phi) is 9.63. The molecule has 1 aliphatic rings. The molecule has 0 spiro atoms. The Morgan fingerprint density at radius 3 is 2.69 bits per heavy atom. The van der Waals surface area contributed by atoms with Crippen molar-refractivity contribution in [3.05, 3.63) is 24.2 Å². The van der Waals surface area contributed by atoms with Crippen LogP contribution in [0.3, 0.4) is 0 Å². The molecule has 0 aromatic carbocycles. The highest BCUT2D eigenvalue weighted by molar-refractivity contribution is 7.98. The first-order valence-corrected chi connectivity index (χ1v) is 10.9. The summed E-state index contributed by atoms with van der Waals surface area (Å²) in [7, 11) is 0. The largest absolute Gasteiger partial charge is 0.459 e. The Bertz CT molecular complexity index is 528. The van der Waals surface area contributed by atoms with Gasteiger partial charge in [-0.25, -0.2) is 0 Å². The monoisotopic (exact) mass is 381 g/mol. The maximum Gasteiger partial charge on any atom is 0.287 e.